The smallest absolute Gasteiger partial charge is 0.335 e. The molecule has 0 atom stereocenters. The molecule has 5 nitrogen and oxygen atoms in total. The lowest BCUT2D eigenvalue weighted by molar-refractivity contribution is 0.0697. The molecule has 0 fully saturated rings. The van der Waals surface area contributed by atoms with Crippen molar-refractivity contribution in [2.45, 2.75) is 13.8 Å². The second kappa shape index (κ2) is 5.61. The molecule has 2 N–H and O–H groups in total. The number of hydrazone groups is 1. The van der Waals surface area contributed by atoms with Crippen LogP contribution in [0.3, 0.4) is 0 Å². The van der Waals surface area contributed by atoms with Crippen molar-refractivity contribution in [1.29, 1.82) is 0 Å². The van der Waals surface area contributed by atoms with E-state index in [0.717, 1.165) is 16.9 Å². The monoisotopic (exact) mass is 271 g/mol. The first-order valence-corrected chi connectivity index (χ1v) is 6.24. The number of rotatable bonds is 4. The van der Waals surface area contributed by atoms with Crippen molar-refractivity contribution in [2.24, 2.45) is 12.1 Å². The molecule has 0 aliphatic carbocycles. The van der Waals surface area contributed by atoms with E-state index < -0.39 is 5.97 Å². The van der Waals surface area contributed by atoms with Crippen LogP contribution < -0.4 is 5.43 Å². The number of anilines is 1. The molecule has 104 valence electrons. The highest BCUT2D eigenvalue weighted by Crippen LogP contribution is 2.12. The predicted molar refractivity (Wildman–Crippen MR) is 79.5 cm³/mol. The number of nitrogens with one attached hydrogen (secondary N) is 1. The topological polar surface area (TPSA) is 66.6 Å². The molecule has 0 unspecified atom stereocenters. The molecule has 5 heteroatoms. The average molecular weight is 271 g/mol. The summed E-state index contributed by atoms with van der Waals surface area (Å²) in [5, 5.41) is 13.0. The SMILES string of the molecule is Cc1cc(/C=N/Nc2ccc(C(=O)O)cc2)c(C)n1C. The van der Waals surface area contributed by atoms with Crippen LogP contribution in [-0.4, -0.2) is 21.9 Å². The van der Waals surface area contributed by atoms with Crippen molar-refractivity contribution in [2.75, 3.05) is 5.43 Å². The molecule has 0 saturated carbocycles. The van der Waals surface area contributed by atoms with Crippen molar-refractivity contribution in [3.63, 3.8) is 0 Å². The summed E-state index contributed by atoms with van der Waals surface area (Å²) in [6.07, 6.45) is 1.76. The fraction of sp³-hybridized carbons (Fsp3) is 0.200. The third-order valence-electron chi connectivity index (χ3n) is 3.34. The summed E-state index contributed by atoms with van der Waals surface area (Å²) in [5.74, 6) is -0.935. The van der Waals surface area contributed by atoms with Gasteiger partial charge in [-0.3, -0.25) is 5.43 Å². The minimum Gasteiger partial charge on any atom is -0.478 e. The molecule has 2 rings (SSSR count). The molecule has 0 saturated heterocycles. The Hall–Kier alpha value is -2.56. The molecule has 0 spiro atoms. The number of aromatic carboxylic acids is 1. The Morgan fingerprint density at radius 2 is 1.95 bits per heavy atom. The molecule has 1 aromatic carbocycles. The van der Waals surface area contributed by atoms with Gasteiger partial charge in [-0.25, -0.2) is 4.79 Å². The normalized spacial score (nSPS) is 10.9. The van der Waals surface area contributed by atoms with E-state index in [9.17, 15) is 4.79 Å². The van der Waals surface area contributed by atoms with Crippen LogP contribution in [0.25, 0.3) is 0 Å². The van der Waals surface area contributed by atoms with Crippen LogP contribution in [0.15, 0.2) is 35.4 Å². The van der Waals surface area contributed by atoms with Crippen LogP contribution in [-0.2, 0) is 7.05 Å². The van der Waals surface area contributed by atoms with Gasteiger partial charge < -0.3 is 9.67 Å². The second-order valence-corrected chi connectivity index (χ2v) is 4.64. The van der Waals surface area contributed by atoms with Crippen LogP contribution in [0, 0.1) is 13.8 Å². The fourth-order valence-corrected chi connectivity index (χ4v) is 1.88. The molecule has 0 aliphatic rings. The lowest BCUT2D eigenvalue weighted by atomic mass is 10.2. The lowest BCUT2D eigenvalue weighted by Gasteiger charge is -2.01. The number of benzene rings is 1. The number of nitrogens with zero attached hydrogens (tertiary/aromatic N) is 2. The molecular formula is C15H17N3O2. The molecule has 0 bridgehead atoms. The van der Waals surface area contributed by atoms with E-state index >= 15 is 0 Å². The summed E-state index contributed by atoms with van der Waals surface area (Å²) in [5.41, 5.74) is 7.27. The van der Waals surface area contributed by atoms with Crippen LogP contribution in [0.2, 0.25) is 0 Å². The molecule has 1 heterocycles. The number of aryl methyl sites for hydroxylation is 1. The molecule has 2 aromatic rings. The van der Waals surface area contributed by atoms with E-state index in [4.69, 9.17) is 5.11 Å². The van der Waals surface area contributed by atoms with Gasteiger partial charge in [-0.2, -0.15) is 5.10 Å². The van der Waals surface area contributed by atoms with Gasteiger partial charge in [0.25, 0.3) is 0 Å². The number of hydrogen-bond acceptors (Lipinski definition) is 3. The third-order valence-corrected chi connectivity index (χ3v) is 3.34. The molecule has 0 amide bonds. The van der Waals surface area contributed by atoms with Crippen LogP contribution >= 0.6 is 0 Å². The zero-order valence-electron chi connectivity index (χ0n) is 11.7. The Labute approximate surface area is 117 Å². The summed E-state index contributed by atoms with van der Waals surface area (Å²) in [6, 6.07) is 8.51. The average Bonchev–Trinajstić information content (AvgIpc) is 2.67. The highest BCUT2D eigenvalue weighted by molar-refractivity contribution is 5.88. The Morgan fingerprint density at radius 3 is 2.45 bits per heavy atom. The van der Waals surface area contributed by atoms with Gasteiger partial charge in [-0.05, 0) is 44.2 Å². The van der Waals surface area contributed by atoms with Gasteiger partial charge in [0.2, 0.25) is 0 Å². The molecule has 1 aromatic heterocycles. The standard InChI is InChI=1S/C15H17N3O2/c1-10-8-13(11(2)18(10)3)9-16-17-14-6-4-12(5-7-14)15(19)20/h4-9,17H,1-3H3,(H,19,20)/b16-9+. The van der Waals surface area contributed by atoms with Gasteiger partial charge in [0, 0.05) is 24.0 Å². The molecular weight excluding hydrogens is 254 g/mol. The number of carboxylic acid groups (broad SMARTS) is 1. The number of hydrogen-bond donors (Lipinski definition) is 2. The number of carboxylic acids is 1. The Kier molecular flexibility index (Phi) is 3.89. The zero-order valence-corrected chi connectivity index (χ0v) is 11.7. The van der Waals surface area contributed by atoms with E-state index in [1.165, 1.54) is 17.8 Å². The minimum atomic E-state index is -0.935. The van der Waals surface area contributed by atoms with Crippen molar-refractivity contribution in [3.05, 3.63) is 52.8 Å². The third kappa shape index (κ3) is 2.88. The van der Waals surface area contributed by atoms with Crippen molar-refractivity contribution >= 4 is 17.9 Å². The summed E-state index contributed by atoms with van der Waals surface area (Å²) in [6.45, 7) is 4.08. The maximum Gasteiger partial charge on any atom is 0.335 e. The Balaban J connectivity index is 2.06. The van der Waals surface area contributed by atoms with Crippen molar-refractivity contribution in [1.82, 2.24) is 4.57 Å². The van der Waals surface area contributed by atoms with E-state index in [-0.39, 0.29) is 5.56 Å². The summed E-state index contributed by atoms with van der Waals surface area (Å²) >= 11 is 0. The zero-order chi connectivity index (χ0) is 14.7. The summed E-state index contributed by atoms with van der Waals surface area (Å²) in [7, 11) is 2.01. The first-order chi connectivity index (χ1) is 9.49. The lowest BCUT2D eigenvalue weighted by Crippen LogP contribution is -1.97. The van der Waals surface area contributed by atoms with Crippen LogP contribution in [0.1, 0.15) is 27.3 Å². The van der Waals surface area contributed by atoms with E-state index in [0.29, 0.717) is 0 Å². The van der Waals surface area contributed by atoms with Crippen LogP contribution in [0.5, 0.6) is 0 Å². The van der Waals surface area contributed by atoms with Gasteiger partial charge in [0.15, 0.2) is 0 Å². The maximum absolute atomic E-state index is 10.7. The number of aromatic nitrogens is 1. The van der Waals surface area contributed by atoms with E-state index in [1.54, 1.807) is 18.3 Å². The molecule has 0 radical (unpaired) electrons. The quantitative estimate of drug-likeness (QED) is 0.663. The maximum atomic E-state index is 10.7. The van der Waals surface area contributed by atoms with Crippen molar-refractivity contribution in [3.8, 4) is 0 Å². The number of carbonyl (C=O) groups is 1. The second-order valence-electron chi connectivity index (χ2n) is 4.64. The highest BCUT2D eigenvalue weighted by atomic mass is 16.4. The first-order valence-electron chi connectivity index (χ1n) is 6.24. The van der Waals surface area contributed by atoms with Crippen LogP contribution in [0.4, 0.5) is 5.69 Å². The largest absolute Gasteiger partial charge is 0.478 e. The molecule has 20 heavy (non-hydrogen) atoms. The van der Waals surface area contributed by atoms with E-state index in [2.05, 4.69) is 21.2 Å². The predicted octanol–water partition coefficient (Wildman–Crippen LogP) is 2.79. The van der Waals surface area contributed by atoms with Gasteiger partial charge in [0.05, 0.1) is 17.5 Å². The fourth-order valence-electron chi connectivity index (χ4n) is 1.88. The summed E-state index contributed by atoms with van der Waals surface area (Å²) in [4.78, 5) is 10.7. The Bertz CT molecular complexity index is 655. The van der Waals surface area contributed by atoms with Crippen molar-refractivity contribution < 1.29 is 9.90 Å². The van der Waals surface area contributed by atoms with Gasteiger partial charge in [0.1, 0.15) is 0 Å². The van der Waals surface area contributed by atoms with E-state index in [1.807, 2.05) is 20.9 Å². The van der Waals surface area contributed by atoms with Gasteiger partial charge in [-0.15, -0.1) is 0 Å². The highest BCUT2D eigenvalue weighted by Gasteiger charge is 2.03. The van der Waals surface area contributed by atoms with Gasteiger partial charge in [-0.1, -0.05) is 0 Å². The van der Waals surface area contributed by atoms with Gasteiger partial charge >= 0.3 is 5.97 Å². The molecule has 0 aliphatic heterocycles. The first kappa shape index (κ1) is 13.9. The minimum absolute atomic E-state index is 0.258. The Morgan fingerprint density at radius 1 is 1.30 bits per heavy atom. The summed E-state index contributed by atoms with van der Waals surface area (Å²) < 4.78 is 2.10.